The van der Waals surface area contributed by atoms with Crippen LogP contribution in [0.15, 0.2) is 36.8 Å². The summed E-state index contributed by atoms with van der Waals surface area (Å²) in [5.41, 5.74) is 7.04. The Morgan fingerprint density at radius 1 is 0.972 bits per heavy atom. The highest BCUT2D eigenvalue weighted by Crippen LogP contribution is 2.12. The van der Waals surface area contributed by atoms with Gasteiger partial charge >= 0.3 is 5.97 Å². The Bertz CT molecular complexity index is 1030. The molecule has 196 valence electrons. The van der Waals surface area contributed by atoms with Crippen LogP contribution in [0.4, 0.5) is 0 Å². The summed E-state index contributed by atoms with van der Waals surface area (Å²) in [6, 6.07) is 1.02. The molecule has 9 N–H and O–H groups in total. The maximum atomic E-state index is 12.9. The zero-order valence-corrected chi connectivity index (χ0v) is 20.0. The van der Waals surface area contributed by atoms with Crippen molar-refractivity contribution in [2.75, 3.05) is 6.61 Å². The van der Waals surface area contributed by atoms with Gasteiger partial charge in [-0.3, -0.25) is 14.4 Å². The average Bonchev–Trinajstić information content (AvgIpc) is 3.34. The third-order valence-electron chi connectivity index (χ3n) is 5.38. The van der Waals surface area contributed by atoms with E-state index in [-0.39, 0.29) is 18.6 Å². The number of carbonyl (C=O) groups excluding carboxylic acids is 3. The van der Waals surface area contributed by atoms with Crippen molar-refractivity contribution < 1.29 is 34.5 Å². The number of aromatic amines is 1. The van der Waals surface area contributed by atoms with Crippen molar-refractivity contribution in [3.63, 3.8) is 0 Å². The van der Waals surface area contributed by atoms with E-state index in [2.05, 4.69) is 25.9 Å². The maximum absolute atomic E-state index is 12.9. The standard InChI is InChI=1S/C23H32N6O7/c1-12(2)19(22(34)27-17(23(35)36)7-13-3-5-15(31)6-4-13)29-21(33)18(10-30)28-20(32)16(24)8-14-9-25-11-26-14/h3-6,9,11-12,16-19,30-31H,7-8,10,24H2,1-2H3,(H,25,26)(H,27,34)(H,28,32)(H,29,33)(H,35,36). The lowest BCUT2D eigenvalue weighted by Crippen LogP contribution is -2.59. The monoisotopic (exact) mass is 504 g/mol. The number of H-pyrrole nitrogens is 1. The van der Waals surface area contributed by atoms with Crippen LogP contribution >= 0.6 is 0 Å². The van der Waals surface area contributed by atoms with Crippen LogP contribution in [0.3, 0.4) is 0 Å². The van der Waals surface area contributed by atoms with Gasteiger partial charge in [-0.1, -0.05) is 26.0 Å². The van der Waals surface area contributed by atoms with Gasteiger partial charge in [-0.15, -0.1) is 0 Å². The first-order valence-corrected chi connectivity index (χ1v) is 11.3. The number of phenolic OH excluding ortho intramolecular Hbond substituents is 1. The molecular formula is C23H32N6O7. The lowest BCUT2D eigenvalue weighted by Gasteiger charge is -2.26. The number of aromatic hydroxyl groups is 1. The zero-order chi connectivity index (χ0) is 26.8. The molecule has 3 amide bonds. The van der Waals surface area contributed by atoms with Gasteiger partial charge in [-0.25, -0.2) is 9.78 Å². The number of hydrogen-bond donors (Lipinski definition) is 8. The first-order valence-electron chi connectivity index (χ1n) is 11.3. The predicted octanol–water partition coefficient (Wildman–Crippen LogP) is -1.58. The van der Waals surface area contributed by atoms with Crippen LogP contribution < -0.4 is 21.7 Å². The zero-order valence-electron chi connectivity index (χ0n) is 20.0. The quantitative estimate of drug-likeness (QED) is 0.157. The number of carbonyl (C=O) groups is 4. The molecule has 4 atom stereocenters. The summed E-state index contributed by atoms with van der Waals surface area (Å²) in [6.07, 6.45) is 3.01. The van der Waals surface area contributed by atoms with E-state index in [4.69, 9.17) is 5.73 Å². The molecule has 0 aliphatic heterocycles. The average molecular weight is 505 g/mol. The van der Waals surface area contributed by atoms with Crippen molar-refractivity contribution in [1.29, 1.82) is 0 Å². The molecule has 0 bridgehead atoms. The minimum absolute atomic E-state index is 0.0186. The highest BCUT2D eigenvalue weighted by Gasteiger charge is 2.31. The topological polar surface area (TPSA) is 220 Å². The number of aliphatic hydroxyl groups excluding tert-OH is 1. The Morgan fingerprint density at radius 2 is 1.61 bits per heavy atom. The number of rotatable bonds is 13. The molecular weight excluding hydrogens is 472 g/mol. The molecule has 0 radical (unpaired) electrons. The molecule has 4 unspecified atom stereocenters. The van der Waals surface area contributed by atoms with Crippen molar-refractivity contribution >= 4 is 23.7 Å². The van der Waals surface area contributed by atoms with Gasteiger partial charge in [0.25, 0.3) is 0 Å². The molecule has 0 fully saturated rings. The molecule has 2 aromatic rings. The number of aromatic nitrogens is 2. The highest BCUT2D eigenvalue weighted by atomic mass is 16.4. The van der Waals surface area contributed by atoms with Gasteiger partial charge in [0.05, 0.1) is 19.0 Å². The van der Waals surface area contributed by atoms with Crippen LogP contribution in [0.1, 0.15) is 25.1 Å². The highest BCUT2D eigenvalue weighted by molar-refractivity contribution is 5.94. The van der Waals surface area contributed by atoms with Gasteiger partial charge in [0.15, 0.2) is 0 Å². The minimum atomic E-state index is -1.38. The SMILES string of the molecule is CC(C)C(NC(=O)C(CO)NC(=O)C(N)Cc1cnc[nH]1)C(=O)NC(Cc1ccc(O)cc1)C(=O)O. The van der Waals surface area contributed by atoms with Gasteiger partial charge in [0.2, 0.25) is 17.7 Å². The molecule has 0 saturated carbocycles. The van der Waals surface area contributed by atoms with Crippen LogP contribution in [0, 0.1) is 5.92 Å². The largest absolute Gasteiger partial charge is 0.508 e. The molecule has 0 aliphatic carbocycles. The summed E-state index contributed by atoms with van der Waals surface area (Å²) in [4.78, 5) is 56.4. The van der Waals surface area contributed by atoms with E-state index in [0.29, 0.717) is 11.3 Å². The number of nitrogens with one attached hydrogen (secondary N) is 4. The predicted molar refractivity (Wildman–Crippen MR) is 127 cm³/mol. The van der Waals surface area contributed by atoms with Crippen LogP contribution in [0.5, 0.6) is 5.75 Å². The number of imidazole rings is 1. The van der Waals surface area contributed by atoms with Crippen LogP contribution in [0.25, 0.3) is 0 Å². The number of benzene rings is 1. The molecule has 13 heteroatoms. The molecule has 1 aromatic heterocycles. The van der Waals surface area contributed by atoms with Gasteiger partial charge < -0.3 is 42.0 Å². The number of hydrogen-bond acceptors (Lipinski definition) is 8. The van der Waals surface area contributed by atoms with Gasteiger partial charge in [-0.05, 0) is 23.6 Å². The normalized spacial score (nSPS) is 14.4. The number of carboxylic acids is 1. The summed E-state index contributed by atoms with van der Waals surface area (Å²) in [5.74, 6) is -3.98. The van der Waals surface area contributed by atoms with Gasteiger partial charge in [0, 0.05) is 24.7 Å². The number of amides is 3. The third kappa shape index (κ3) is 8.36. The second kappa shape index (κ2) is 13.2. The number of nitrogens with zero attached hydrogens (tertiary/aromatic N) is 1. The van der Waals surface area contributed by atoms with E-state index in [1.54, 1.807) is 13.8 Å². The van der Waals surface area contributed by atoms with E-state index >= 15 is 0 Å². The second-order valence-corrected chi connectivity index (χ2v) is 8.63. The molecule has 1 heterocycles. The lowest BCUT2D eigenvalue weighted by atomic mass is 10.0. The fraction of sp³-hybridized carbons (Fsp3) is 0.435. The van der Waals surface area contributed by atoms with E-state index in [0.717, 1.165) is 0 Å². The molecule has 36 heavy (non-hydrogen) atoms. The molecule has 0 saturated heterocycles. The van der Waals surface area contributed by atoms with Gasteiger partial charge in [0.1, 0.15) is 23.9 Å². The molecule has 0 spiro atoms. The smallest absolute Gasteiger partial charge is 0.326 e. The Kier molecular flexibility index (Phi) is 10.4. The fourth-order valence-electron chi connectivity index (χ4n) is 3.32. The molecule has 1 aromatic carbocycles. The molecule has 13 nitrogen and oxygen atoms in total. The van der Waals surface area contributed by atoms with Crippen molar-refractivity contribution in [1.82, 2.24) is 25.9 Å². The summed E-state index contributed by atoms with van der Waals surface area (Å²) in [6.45, 7) is 2.54. The number of carboxylic acid groups (broad SMARTS) is 1. The second-order valence-electron chi connectivity index (χ2n) is 8.63. The Morgan fingerprint density at radius 3 is 2.14 bits per heavy atom. The number of aliphatic carboxylic acids is 1. The summed E-state index contributed by atoms with van der Waals surface area (Å²) in [5, 5.41) is 35.8. The van der Waals surface area contributed by atoms with E-state index in [1.807, 2.05) is 0 Å². The lowest BCUT2D eigenvalue weighted by molar-refractivity contribution is -0.142. The Balaban J connectivity index is 2.02. The van der Waals surface area contributed by atoms with Crippen molar-refractivity contribution in [2.45, 2.75) is 50.9 Å². The van der Waals surface area contributed by atoms with E-state index in [1.165, 1.54) is 36.8 Å². The fourth-order valence-corrected chi connectivity index (χ4v) is 3.32. The first-order chi connectivity index (χ1) is 17.0. The van der Waals surface area contributed by atoms with Crippen molar-refractivity contribution in [3.8, 4) is 5.75 Å². The van der Waals surface area contributed by atoms with Crippen LogP contribution in [0.2, 0.25) is 0 Å². The first kappa shape index (κ1) is 28.3. The van der Waals surface area contributed by atoms with Crippen LogP contribution in [-0.2, 0) is 32.0 Å². The molecule has 0 aliphatic rings. The third-order valence-corrected chi connectivity index (χ3v) is 5.38. The number of nitrogens with two attached hydrogens (primary N) is 1. The van der Waals surface area contributed by atoms with E-state index < -0.39 is 60.4 Å². The summed E-state index contributed by atoms with van der Waals surface area (Å²) >= 11 is 0. The Hall–Kier alpha value is -3.97. The van der Waals surface area contributed by atoms with Crippen LogP contribution in [-0.4, -0.2) is 79.8 Å². The van der Waals surface area contributed by atoms with Crippen molar-refractivity contribution in [3.05, 3.63) is 48.0 Å². The van der Waals surface area contributed by atoms with Gasteiger partial charge in [-0.2, -0.15) is 0 Å². The minimum Gasteiger partial charge on any atom is -0.508 e. The number of phenols is 1. The summed E-state index contributed by atoms with van der Waals surface area (Å²) < 4.78 is 0. The number of aliphatic hydroxyl groups is 1. The maximum Gasteiger partial charge on any atom is 0.326 e. The van der Waals surface area contributed by atoms with E-state index in [9.17, 15) is 34.5 Å². The van der Waals surface area contributed by atoms with Crippen molar-refractivity contribution in [2.24, 2.45) is 11.7 Å². The molecule has 2 rings (SSSR count). The summed E-state index contributed by atoms with van der Waals surface area (Å²) in [7, 11) is 0. The Labute approximate surface area is 207 Å².